The molecule has 3 aliphatic carbocycles. The number of imide groups is 1. The third kappa shape index (κ3) is 2.34. The zero-order valence-electron chi connectivity index (χ0n) is 18.0. The number of aromatic nitrogens is 1. The lowest BCUT2D eigenvalue weighted by atomic mass is 9.55. The van der Waals surface area contributed by atoms with Gasteiger partial charge in [-0.25, -0.2) is 0 Å². The largest absolute Gasteiger partial charge is 0.358 e. The zero-order chi connectivity index (χ0) is 22.3. The first-order chi connectivity index (χ1) is 16.1. The molecule has 0 saturated carbocycles. The molecule has 5 nitrogen and oxygen atoms in total. The molecule has 160 valence electrons. The van der Waals surface area contributed by atoms with Gasteiger partial charge in [0.1, 0.15) is 0 Å². The number of fused-ring (bicyclic) bond motifs is 1. The standard InChI is InChI=1S/C28H21N3O2/c1-15-21(16-8-6-7-13-22(16)30-15)14-29-31-27(32)25-23-17-9-2-3-10-18(17)24(26(25)28(31)33)20-12-5-4-11-19(20)23/h2-14,23-26,30H,1H3/b29-14-/t23?,24?,25-,26-/m0/s1. The van der Waals surface area contributed by atoms with Crippen molar-refractivity contribution in [3.8, 4) is 0 Å². The van der Waals surface area contributed by atoms with Gasteiger partial charge in [0.25, 0.3) is 11.8 Å². The van der Waals surface area contributed by atoms with E-state index in [-0.39, 0.29) is 23.7 Å². The number of nitrogens with zero attached hydrogens (tertiary/aromatic N) is 2. The first kappa shape index (κ1) is 18.6. The molecule has 1 N–H and O–H groups in total. The van der Waals surface area contributed by atoms with Gasteiger partial charge < -0.3 is 4.98 Å². The van der Waals surface area contributed by atoms with Crippen LogP contribution in [0.4, 0.5) is 0 Å². The molecular weight excluding hydrogens is 410 g/mol. The maximum absolute atomic E-state index is 13.7. The second kappa shape index (κ2) is 6.51. The number of amides is 2. The van der Waals surface area contributed by atoms with E-state index in [9.17, 15) is 9.59 Å². The number of hydrogen-bond acceptors (Lipinski definition) is 3. The van der Waals surface area contributed by atoms with E-state index in [1.807, 2.05) is 55.5 Å². The molecule has 1 fully saturated rings. The van der Waals surface area contributed by atoms with Crippen molar-refractivity contribution >= 4 is 28.9 Å². The van der Waals surface area contributed by atoms with Gasteiger partial charge in [0.15, 0.2) is 0 Å². The van der Waals surface area contributed by atoms with Crippen LogP contribution in [0.15, 0.2) is 77.9 Å². The van der Waals surface area contributed by atoms with Crippen LogP contribution in [0.25, 0.3) is 10.9 Å². The molecule has 0 spiro atoms. The SMILES string of the molecule is Cc1[nH]c2ccccc2c1/C=N\N1C(=O)[C@H]2C3c4ccccc4C(c4ccccc43)[C@@H]2C1=O. The number of rotatable bonds is 2. The number of nitrogens with one attached hydrogen (secondary N) is 1. The molecule has 2 amide bonds. The van der Waals surface area contributed by atoms with E-state index in [2.05, 4.69) is 34.4 Å². The van der Waals surface area contributed by atoms with Gasteiger partial charge in [0, 0.05) is 34.0 Å². The fourth-order valence-electron chi connectivity index (χ4n) is 6.36. The van der Waals surface area contributed by atoms with E-state index in [4.69, 9.17) is 0 Å². The van der Waals surface area contributed by atoms with Gasteiger partial charge >= 0.3 is 0 Å². The van der Waals surface area contributed by atoms with Crippen molar-refractivity contribution < 1.29 is 9.59 Å². The predicted octanol–water partition coefficient (Wildman–Crippen LogP) is 4.70. The van der Waals surface area contributed by atoms with Gasteiger partial charge in [-0.05, 0) is 35.2 Å². The van der Waals surface area contributed by atoms with Crippen molar-refractivity contribution in [3.05, 3.63) is 106 Å². The summed E-state index contributed by atoms with van der Waals surface area (Å²) in [5.41, 5.74) is 7.53. The molecule has 3 aromatic carbocycles. The van der Waals surface area contributed by atoms with E-state index in [1.54, 1.807) is 6.21 Å². The van der Waals surface area contributed by atoms with Crippen molar-refractivity contribution in [3.63, 3.8) is 0 Å². The zero-order valence-corrected chi connectivity index (χ0v) is 18.0. The van der Waals surface area contributed by atoms with Gasteiger partial charge in [-0.1, -0.05) is 66.7 Å². The summed E-state index contributed by atoms with van der Waals surface area (Å²) in [5.74, 6) is -1.43. The predicted molar refractivity (Wildman–Crippen MR) is 126 cm³/mol. The van der Waals surface area contributed by atoms with Crippen LogP contribution >= 0.6 is 0 Å². The molecule has 4 aromatic rings. The number of aromatic amines is 1. The lowest BCUT2D eigenvalue weighted by Gasteiger charge is -2.45. The molecule has 0 radical (unpaired) electrons. The number of carbonyl (C=O) groups is 2. The summed E-state index contributed by atoms with van der Waals surface area (Å²) >= 11 is 0. The second-order valence-corrected chi connectivity index (χ2v) is 9.21. The maximum Gasteiger partial charge on any atom is 0.254 e. The fraction of sp³-hybridized carbons (Fsp3) is 0.179. The summed E-state index contributed by atoms with van der Waals surface area (Å²) in [6.07, 6.45) is 1.66. The number of para-hydroxylation sites is 1. The minimum atomic E-state index is -0.409. The minimum absolute atomic E-state index is 0.112. The molecule has 8 rings (SSSR count). The van der Waals surface area contributed by atoms with Crippen molar-refractivity contribution in [1.29, 1.82) is 0 Å². The molecule has 1 aliphatic heterocycles. The molecule has 2 bridgehead atoms. The quantitative estimate of drug-likeness (QED) is 0.369. The molecule has 5 heteroatoms. The van der Waals surface area contributed by atoms with Crippen LogP contribution in [-0.4, -0.2) is 28.0 Å². The topological polar surface area (TPSA) is 65.5 Å². The Balaban J connectivity index is 1.34. The highest BCUT2D eigenvalue weighted by Gasteiger charge is 2.61. The third-order valence-electron chi connectivity index (χ3n) is 7.67. The van der Waals surface area contributed by atoms with Crippen molar-refractivity contribution in [2.24, 2.45) is 16.9 Å². The van der Waals surface area contributed by atoms with E-state index in [1.165, 1.54) is 22.3 Å². The van der Waals surface area contributed by atoms with Crippen LogP contribution in [0.2, 0.25) is 0 Å². The highest BCUT2D eigenvalue weighted by molar-refractivity contribution is 6.09. The first-order valence-corrected chi connectivity index (χ1v) is 11.3. The van der Waals surface area contributed by atoms with Gasteiger partial charge in [-0.15, -0.1) is 0 Å². The van der Waals surface area contributed by atoms with Gasteiger partial charge in [-0.2, -0.15) is 10.1 Å². The van der Waals surface area contributed by atoms with Crippen LogP contribution in [0.3, 0.4) is 0 Å². The molecule has 2 atom stereocenters. The fourth-order valence-corrected chi connectivity index (χ4v) is 6.36. The molecule has 1 aromatic heterocycles. The maximum atomic E-state index is 13.7. The molecular formula is C28H21N3O2. The molecule has 2 heterocycles. The Hall–Kier alpha value is -3.99. The summed E-state index contributed by atoms with van der Waals surface area (Å²) in [7, 11) is 0. The van der Waals surface area contributed by atoms with Crippen molar-refractivity contribution in [2.75, 3.05) is 0 Å². The summed E-state index contributed by atoms with van der Waals surface area (Å²) in [5, 5.41) is 6.63. The Bertz CT molecular complexity index is 1400. The Morgan fingerprint density at radius 3 is 1.79 bits per heavy atom. The van der Waals surface area contributed by atoms with Crippen LogP contribution in [0.1, 0.15) is 45.3 Å². The van der Waals surface area contributed by atoms with Gasteiger partial charge in [-0.3, -0.25) is 9.59 Å². The van der Waals surface area contributed by atoms with Crippen molar-refractivity contribution in [1.82, 2.24) is 9.99 Å². The van der Waals surface area contributed by atoms with Crippen LogP contribution in [0, 0.1) is 18.8 Å². The smallest absolute Gasteiger partial charge is 0.254 e. The Morgan fingerprint density at radius 2 is 1.24 bits per heavy atom. The van der Waals surface area contributed by atoms with E-state index in [0.29, 0.717) is 0 Å². The first-order valence-electron chi connectivity index (χ1n) is 11.3. The number of carbonyl (C=O) groups excluding carboxylic acids is 2. The Morgan fingerprint density at radius 1 is 0.758 bits per heavy atom. The van der Waals surface area contributed by atoms with Crippen LogP contribution in [-0.2, 0) is 9.59 Å². The number of hydrogen-bond donors (Lipinski definition) is 1. The minimum Gasteiger partial charge on any atom is -0.358 e. The van der Waals surface area contributed by atoms with Crippen LogP contribution in [0.5, 0.6) is 0 Å². The van der Waals surface area contributed by atoms with Gasteiger partial charge in [0.2, 0.25) is 0 Å². The number of hydrazone groups is 1. The average molecular weight is 431 g/mol. The Labute approximate surface area is 190 Å². The normalized spacial score (nSPS) is 25.1. The lowest BCUT2D eigenvalue weighted by molar-refractivity contribution is -0.139. The van der Waals surface area contributed by atoms with Gasteiger partial charge in [0.05, 0.1) is 18.1 Å². The number of aryl methyl sites for hydroxylation is 1. The van der Waals surface area contributed by atoms with E-state index < -0.39 is 11.8 Å². The summed E-state index contributed by atoms with van der Waals surface area (Å²) in [6, 6.07) is 24.5. The second-order valence-electron chi connectivity index (χ2n) is 9.21. The van der Waals surface area contributed by atoms with Crippen LogP contribution < -0.4 is 0 Å². The molecule has 4 aliphatic rings. The number of benzene rings is 3. The van der Waals surface area contributed by atoms with E-state index >= 15 is 0 Å². The summed E-state index contributed by atoms with van der Waals surface area (Å²) < 4.78 is 0. The lowest BCUT2D eigenvalue weighted by Crippen LogP contribution is -2.41. The average Bonchev–Trinajstić information content (AvgIpc) is 3.30. The Kier molecular flexibility index (Phi) is 3.67. The monoisotopic (exact) mass is 431 g/mol. The molecule has 0 unspecified atom stereocenters. The summed E-state index contributed by atoms with van der Waals surface area (Å²) in [4.78, 5) is 30.6. The van der Waals surface area contributed by atoms with Crippen molar-refractivity contribution in [2.45, 2.75) is 18.8 Å². The highest BCUT2D eigenvalue weighted by Crippen LogP contribution is 2.60. The molecule has 1 saturated heterocycles. The molecule has 33 heavy (non-hydrogen) atoms. The summed E-state index contributed by atoms with van der Waals surface area (Å²) in [6.45, 7) is 1.97. The van der Waals surface area contributed by atoms with E-state index in [0.717, 1.165) is 27.2 Å². The highest BCUT2D eigenvalue weighted by atomic mass is 16.2. The number of H-pyrrole nitrogens is 1. The third-order valence-corrected chi connectivity index (χ3v) is 7.67.